The van der Waals surface area contributed by atoms with Crippen molar-refractivity contribution < 1.29 is 14.3 Å². The molecule has 1 aromatic heterocycles. The van der Waals surface area contributed by atoms with E-state index in [0.717, 1.165) is 41.1 Å². The van der Waals surface area contributed by atoms with Crippen molar-refractivity contribution in [2.75, 3.05) is 6.73 Å². The first-order chi connectivity index (χ1) is 14.1. The maximum atomic E-state index is 13.0. The molecular formula is C24H21NO3S. The van der Waals surface area contributed by atoms with Gasteiger partial charge in [0.05, 0.1) is 5.56 Å². The van der Waals surface area contributed by atoms with E-state index in [1.807, 2.05) is 50.3 Å². The third kappa shape index (κ3) is 3.26. The molecule has 0 aliphatic carbocycles. The van der Waals surface area contributed by atoms with Gasteiger partial charge in [-0.2, -0.15) is 0 Å². The Morgan fingerprint density at radius 3 is 2.79 bits per heavy atom. The topological polar surface area (TPSA) is 38.8 Å². The molecular weight excluding hydrogens is 382 g/mol. The van der Waals surface area contributed by atoms with Crippen molar-refractivity contribution in [3.05, 3.63) is 86.3 Å². The summed E-state index contributed by atoms with van der Waals surface area (Å²) in [6.45, 7) is 6.13. The highest BCUT2D eigenvalue weighted by Crippen LogP contribution is 2.43. The molecule has 3 heterocycles. The van der Waals surface area contributed by atoms with Crippen LogP contribution < -0.4 is 9.47 Å². The van der Waals surface area contributed by atoms with E-state index in [9.17, 15) is 4.79 Å². The lowest BCUT2D eigenvalue weighted by Gasteiger charge is -2.30. The zero-order chi connectivity index (χ0) is 20.0. The van der Waals surface area contributed by atoms with Gasteiger partial charge in [0.1, 0.15) is 18.2 Å². The van der Waals surface area contributed by atoms with Crippen LogP contribution in [0.2, 0.25) is 0 Å². The first-order valence-corrected chi connectivity index (χ1v) is 10.5. The fourth-order valence-electron chi connectivity index (χ4n) is 3.91. The fraction of sp³-hybridized carbons (Fsp3) is 0.208. The van der Waals surface area contributed by atoms with Gasteiger partial charge in [-0.25, -0.2) is 0 Å². The predicted molar refractivity (Wildman–Crippen MR) is 114 cm³/mol. The maximum absolute atomic E-state index is 13.0. The summed E-state index contributed by atoms with van der Waals surface area (Å²) in [4.78, 5) is 16.6. The number of ketones is 1. The predicted octanol–water partition coefficient (Wildman–Crippen LogP) is 5.33. The number of carbonyl (C=O) groups is 1. The van der Waals surface area contributed by atoms with Gasteiger partial charge in [-0.1, -0.05) is 30.3 Å². The number of rotatable bonds is 3. The summed E-state index contributed by atoms with van der Waals surface area (Å²) < 4.78 is 12.1. The molecule has 0 atom stereocenters. The van der Waals surface area contributed by atoms with Gasteiger partial charge in [0, 0.05) is 29.1 Å². The Labute approximate surface area is 174 Å². The molecule has 5 rings (SSSR count). The lowest BCUT2D eigenvalue weighted by molar-refractivity contribution is 0.0886. The Bertz CT molecular complexity index is 1130. The van der Waals surface area contributed by atoms with Gasteiger partial charge in [0.2, 0.25) is 5.78 Å². The third-order valence-corrected chi connectivity index (χ3v) is 6.30. The summed E-state index contributed by atoms with van der Waals surface area (Å²) in [6, 6.07) is 14.1. The largest absolute Gasteiger partial charge is 0.477 e. The zero-order valence-corrected chi connectivity index (χ0v) is 17.2. The smallest absolute Gasteiger partial charge is 0.231 e. The Kier molecular flexibility index (Phi) is 4.49. The molecule has 0 saturated heterocycles. The number of thiophene rings is 1. The van der Waals surface area contributed by atoms with Gasteiger partial charge in [-0.15, -0.1) is 11.3 Å². The van der Waals surface area contributed by atoms with E-state index in [1.54, 1.807) is 11.3 Å². The summed E-state index contributed by atoms with van der Waals surface area (Å²) in [6.07, 6.45) is 1.83. The van der Waals surface area contributed by atoms with E-state index >= 15 is 0 Å². The number of fused-ring (bicyclic) bond motifs is 2. The van der Waals surface area contributed by atoms with Crippen LogP contribution in [-0.4, -0.2) is 17.4 Å². The Morgan fingerprint density at radius 2 is 2.00 bits per heavy atom. The van der Waals surface area contributed by atoms with Gasteiger partial charge in [-0.3, -0.25) is 9.69 Å². The zero-order valence-electron chi connectivity index (χ0n) is 16.4. The summed E-state index contributed by atoms with van der Waals surface area (Å²) in [5.41, 5.74) is 4.66. The molecule has 146 valence electrons. The van der Waals surface area contributed by atoms with Gasteiger partial charge in [0.15, 0.2) is 5.76 Å². The van der Waals surface area contributed by atoms with Crippen LogP contribution in [0.25, 0.3) is 6.08 Å². The van der Waals surface area contributed by atoms with Crippen molar-refractivity contribution in [1.29, 1.82) is 0 Å². The molecule has 4 nitrogen and oxygen atoms in total. The molecule has 0 spiro atoms. The first kappa shape index (κ1) is 18.2. The van der Waals surface area contributed by atoms with Crippen LogP contribution in [0.15, 0.2) is 53.6 Å². The molecule has 3 aromatic rings. The number of carbonyl (C=O) groups excluding carboxylic acids is 1. The molecule has 0 bridgehead atoms. The SMILES string of the molecule is Cc1ccccc1/C=C1\Oc2c(cc3c(c2C)OCN(Cc2cccs2)C3)C1=O. The van der Waals surface area contributed by atoms with Crippen LogP contribution in [0.3, 0.4) is 0 Å². The third-order valence-electron chi connectivity index (χ3n) is 5.44. The highest BCUT2D eigenvalue weighted by Gasteiger charge is 2.33. The van der Waals surface area contributed by atoms with Crippen LogP contribution >= 0.6 is 11.3 Å². The lowest BCUT2D eigenvalue weighted by Crippen LogP contribution is -2.31. The van der Waals surface area contributed by atoms with Gasteiger partial charge in [-0.05, 0) is 48.6 Å². The molecule has 0 saturated carbocycles. The van der Waals surface area contributed by atoms with E-state index in [-0.39, 0.29) is 5.78 Å². The van der Waals surface area contributed by atoms with Crippen LogP contribution in [0.1, 0.15) is 37.5 Å². The second-order valence-corrected chi connectivity index (χ2v) is 8.53. The second-order valence-electron chi connectivity index (χ2n) is 7.50. The number of aryl methyl sites for hydroxylation is 1. The summed E-state index contributed by atoms with van der Waals surface area (Å²) in [7, 11) is 0. The quantitative estimate of drug-likeness (QED) is 0.554. The monoisotopic (exact) mass is 403 g/mol. The van der Waals surface area contributed by atoms with Gasteiger partial charge < -0.3 is 9.47 Å². The number of benzene rings is 2. The minimum absolute atomic E-state index is 0.0652. The molecule has 2 aliphatic rings. The second kappa shape index (κ2) is 7.17. The van der Waals surface area contributed by atoms with E-state index in [2.05, 4.69) is 22.4 Å². The van der Waals surface area contributed by atoms with E-state index in [0.29, 0.717) is 23.8 Å². The minimum Gasteiger partial charge on any atom is -0.477 e. The standard InChI is InChI=1S/C24H21NO3S/c1-15-6-3-4-7-17(15)11-21-22(26)20-10-18-12-25(13-19-8-5-9-29-19)14-27-23(18)16(2)24(20)28-21/h3-11H,12-14H2,1-2H3/b21-11-. The van der Waals surface area contributed by atoms with Crippen molar-refractivity contribution in [3.8, 4) is 11.5 Å². The van der Waals surface area contributed by atoms with E-state index < -0.39 is 0 Å². The molecule has 2 aromatic carbocycles. The van der Waals surface area contributed by atoms with Crippen LogP contribution in [-0.2, 0) is 13.1 Å². The summed E-state index contributed by atoms with van der Waals surface area (Å²) >= 11 is 1.75. The van der Waals surface area contributed by atoms with Crippen molar-refractivity contribution in [1.82, 2.24) is 4.90 Å². The van der Waals surface area contributed by atoms with E-state index in [1.165, 1.54) is 4.88 Å². The van der Waals surface area contributed by atoms with E-state index in [4.69, 9.17) is 9.47 Å². The number of Topliss-reactive ketones (excluding diaryl/α,β-unsaturated/α-hetero) is 1. The fourth-order valence-corrected chi connectivity index (χ4v) is 4.66. The van der Waals surface area contributed by atoms with Crippen LogP contribution in [0, 0.1) is 13.8 Å². The van der Waals surface area contributed by atoms with Gasteiger partial charge in [0.25, 0.3) is 0 Å². The number of hydrogen-bond acceptors (Lipinski definition) is 5. The average molecular weight is 404 g/mol. The van der Waals surface area contributed by atoms with Crippen LogP contribution in [0.5, 0.6) is 11.5 Å². The molecule has 0 radical (unpaired) electrons. The molecule has 0 fully saturated rings. The van der Waals surface area contributed by atoms with Crippen molar-refractivity contribution in [2.45, 2.75) is 26.9 Å². The Morgan fingerprint density at radius 1 is 1.14 bits per heavy atom. The van der Waals surface area contributed by atoms with Gasteiger partial charge >= 0.3 is 0 Å². The number of allylic oxidation sites excluding steroid dienone is 1. The molecule has 0 amide bonds. The molecule has 0 N–H and O–H groups in total. The van der Waals surface area contributed by atoms with Crippen molar-refractivity contribution >= 4 is 23.2 Å². The van der Waals surface area contributed by atoms with Crippen LogP contribution in [0.4, 0.5) is 0 Å². The highest BCUT2D eigenvalue weighted by molar-refractivity contribution is 7.09. The Hall–Kier alpha value is -2.89. The average Bonchev–Trinajstić information content (AvgIpc) is 3.33. The lowest BCUT2D eigenvalue weighted by atomic mass is 9.99. The number of ether oxygens (including phenoxy) is 2. The molecule has 29 heavy (non-hydrogen) atoms. The highest BCUT2D eigenvalue weighted by atomic mass is 32.1. The summed E-state index contributed by atoms with van der Waals surface area (Å²) in [5, 5.41) is 2.09. The maximum Gasteiger partial charge on any atom is 0.231 e. The molecule has 0 unspecified atom stereocenters. The number of nitrogens with zero attached hydrogens (tertiary/aromatic N) is 1. The first-order valence-electron chi connectivity index (χ1n) is 9.64. The number of hydrogen-bond donors (Lipinski definition) is 0. The van der Waals surface area contributed by atoms with Crippen molar-refractivity contribution in [3.63, 3.8) is 0 Å². The normalized spacial score (nSPS) is 17.0. The van der Waals surface area contributed by atoms with Crippen molar-refractivity contribution in [2.24, 2.45) is 0 Å². The molecule has 5 heteroatoms. The summed E-state index contributed by atoms with van der Waals surface area (Å²) in [5.74, 6) is 1.77. The molecule has 2 aliphatic heterocycles. The Balaban J connectivity index is 1.46. The minimum atomic E-state index is -0.0652.